The number of carbonyl (C=O) groups is 2. The van der Waals surface area contributed by atoms with Gasteiger partial charge in [-0.15, -0.1) is 0 Å². The Kier molecular flexibility index (Phi) is 5.95. The van der Waals surface area contributed by atoms with Crippen molar-refractivity contribution >= 4 is 23.1 Å². The van der Waals surface area contributed by atoms with Gasteiger partial charge in [0.2, 0.25) is 5.91 Å². The number of benzene rings is 2. The second kappa shape index (κ2) is 8.15. The second-order valence-electron chi connectivity index (χ2n) is 5.70. The second-order valence-corrected chi connectivity index (χ2v) is 5.70. The number of nitrogens with one attached hydrogen (secondary N) is 2. The molecule has 0 heterocycles. The lowest BCUT2D eigenvalue weighted by molar-refractivity contribution is -0.114. The summed E-state index contributed by atoms with van der Waals surface area (Å²) in [5.74, 6) is 0.484. The van der Waals surface area contributed by atoms with Gasteiger partial charge in [-0.05, 0) is 57.2 Å². The monoisotopic (exact) mass is 326 g/mol. The molecule has 0 bridgehead atoms. The van der Waals surface area contributed by atoms with Crippen molar-refractivity contribution in [1.29, 1.82) is 0 Å². The summed E-state index contributed by atoms with van der Waals surface area (Å²) in [4.78, 5) is 23.4. The average molecular weight is 326 g/mol. The minimum atomic E-state index is -0.176. The molecule has 126 valence electrons. The van der Waals surface area contributed by atoms with E-state index in [4.69, 9.17) is 4.74 Å². The van der Waals surface area contributed by atoms with Gasteiger partial charge in [0.25, 0.3) is 0 Å². The quantitative estimate of drug-likeness (QED) is 0.761. The summed E-state index contributed by atoms with van der Waals surface area (Å²) in [5.41, 5.74) is 2.07. The molecule has 2 aromatic carbocycles. The van der Waals surface area contributed by atoms with Crippen LogP contribution >= 0.6 is 0 Å². The molecule has 0 unspecified atom stereocenters. The standard InChI is InChI=1S/C19H22N2O3/c1-13(2)24-18-7-5-4-6-17(18)21-19(23)12-20-16-10-8-15(9-11-16)14(3)22/h4-11,13,20H,12H2,1-3H3,(H,21,23). The van der Waals surface area contributed by atoms with Crippen LogP contribution in [0.15, 0.2) is 48.5 Å². The average Bonchev–Trinajstić information content (AvgIpc) is 2.54. The van der Waals surface area contributed by atoms with Crippen molar-refractivity contribution in [3.8, 4) is 5.75 Å². The van der Waals surface area contributed by atoms with E-state index in [0.717, 1.165) is 5.69 Å². The van der Waals surface area contributed by atoms with Crippen LogP contribution in [-0.4, -0.2) is 24.3 Å². The van der Waals surface area contributed by atoms with Crippen molar-refractivity contribution in [2.45, 2.75) is 26.9 Å². The highest BCUT2D eigenvalue weighted by Gasteiger charge is 2.09. The van der Waals surface area contributed by atoms with Gasteiger partial charge in [-0.25, -0.2) is 0 Å². The van der Waals surface area contributed by atoms with Crippen molar-refractivity contribution < 1.29 is 14.3 Å². The molecule has 2 aromatic rings. The topological polar surface area (TPSA) is 67.4 Å². The zero-order valence-electron chi connectivity index (χ0n) is 14.1. The van der Waals surface area contributed by atoms with E-state index < -0.39 is 0 Å². The van der Waals surface area contributed by atoms with Crippen LogP contribution in [0.5, 0.6) is 5.75 Å². The van der Waals surface area contributed by atoms with E-state index in [1.54, 1.807) is 30.3 Å². The zero-order chi connectivity index (χ0) is 17.5. The number of carbonyl (C=O) groups excluding carboxylic acids is 2. The number of hydrogen-bond donors (Lipinski definition) is 2. The molecule has 2 N–H and O–H groups in total. The van der Waals surface area contributed by atoms with E-state index >= 15 is 0 Å². The third-order valence-electron chi connectivity index (χ3n) is 3.27. The Morgan fingerprint density at radius 3 is 2.33 bits per heavy atom. The number of hydrogen-bond acceptors (Lipinski definition) is 4. The Hall–Kier alpha value is -2.82. The maximum atomic E-state index is 12.1. The molecule has 0 atom stereocenters. The molecule has 0 aliphatic carbocycles. The van der Waals surface area contributed by atoms with E-state index in [9.17, 15) is 9.59 Å². The highest BCUT2D eigenvalue weighted by molar-refractivity contribution is 5.96. The fraction of sp³-hybridized carbons (Fsp3) is 0.263. The van der Waals surface area contributed by atoms with Crippen molar-refractivity contribution in [2.24, 2.45) is 0 Å². The predicted molar refractivity (Wildman–Crippen MR) is 95.8 cm³/mol. The van der Waals surface area contributed by atoms with Gasteiger partial charge >= 0.3 is 0 Å². The van der Waals surface area contributed by atoms with Gasteiger partial charge in [-0.3, -0.25) is 9.59 Å². The van der Waals surface area contributed by atoms with Crippen LogP contribution in [0.3, 0.4) is 0 Å². The molecule has 0 saturated carbocycles. The summed E-state index contributed by atoms with van der Waals surface area (Å²) >= 11 is 0. The van der Waals surface area contributed by atoms with Crippen molar-refractivity contribution in [2.75, 3.05) is 17.2 Å². The molecule has 0 radical (unpaired) electrons. The van der Waals surface area contributed by atoms with Gasteiger partial charge in [0, 0.05) is 11.3 Å². The van der Waals surface area contributed by atoms with Crippen LogP contribution in [0.1, 0.15) is 31.1 Å². The number of rotatable bonds is 7. The third-order valence-corrected chi connectivity index (χ3v) is 3.27. The summed E-state index contributed by atoms with van der Waals surface area (Å²) in [5, 5.41) is 5.86. The maximum Gasteiger partial charge on any atom is 0.243 e. The molecular weight excluding hydrogens is 304 g/mol. The SMILES string of the molecule is CC(=O)c1ccc(NCC(=O)Nc2ccccc2OC(C)C)cc1. The summed E-state index contributed by atoms with van der Waals surface area (Å²) in [6.07, 6.45) is 0.0287. The molecule has 5 heteroatoms. The van der Waals surface area contributed by atoms with E-state index in [1.165, 1.54) is 6.92 Å². The number of ether oxygens (including phenoxy) is 1. The third kappa shape index (κ3) is 5.12. The molecule has 1 amide bonds. The fourth-order valence-corrected chi connectivity index (χ4v) is 2.13. The Morgan fingerprint density at radius 1 is 1.04 bits per heavy atom. The highest BCUT2D eigenvalue weighted by atomic mass is 16.5. The van der Waals surface area contributed by atoms with Gasteiger partial charge in [0.15, 0.2) is 5.78 Å². The van der Waals surface area contributed by atoms with Crippen LogP contribution in [0, 0.1) is 0 Å². The van der Waals surface area contributed by atoms with E-state index in [0.29, 0.717) is 17.0 Å². The molecular formula is C19H22N2O3. The summed E-state index contributed by atoms with van der Waals surface area (Å²) in [6.45, 7) is 5.51. The molecule has 0 fully saturated rings. The fourth-order valence-electron chi connectivity index (χ4n) is 2.13. The Labute approximate surface area is 142 Å². The van der Waals surface area contributed by atoms with Crippen molar-refractivity contribution in [3.05, 3.63) is 54.1 Å². The highest BCUT2D eigenvalue weighted by Crippen LogP contribution is 2.24. The Balaban J connectivity index is 1.93. The molecule has 5 nitrogen and oxygen atoms in total. The molecule has 24 heavy (non-hydrogen) atoms. The van der Waals surface area contributed by atoms with E-state index in [2.05, 4.69) is 10.6 Å². The maximum absolute atomic E-state index is 12.1. The molecule has 0 aromatic heterocycles. The van der Waals surface area contributed by atoms with Gasteiger partial charge in [0.05, 0.1) is 18.3 Å². The number of amides is 1. The number of para-hydroxylation sites is 2. The van der Waals surface area contributed by atoms with Crippen LogP contribution in [0.2, 0.25) is 0 Å². The number of Topliss-reactive ketones (excluding diaryl/α,β-unsaturated/α-hetero) is 1. The van der Waals surface area contributed by atoms with Gasteiger partial charge in [0.1, 0.15) is 5.75 Å². The van der Waals surface area contributed by atoms with E-state index in [-0.39, 0.29) is 24.3 Å². The Morgan fingerprint density at radius 2 is 1.71 bits per heavy atom. The van der Waals surface area contributed by atoms with Crippen molar-refractivity contribution in [1.82, 2.24) is 0 Å². The summed E-state index contributed by atoms with van der Waals surface area (Å²) in [7, 11) is 0. The first-order valence-electron chi connectivity index (χ1n) is 7.86. The minimum absolute atomic E-state index is 0.0149. The van der Waals surface area contributed by atoms with Crippen LogP contribution in [0.4, 0.5) is 11.4 Å². The molecule has 0 spiro atoms. The zero-order valence-corrected chi connectivity index (χ0v) is 14.1. The molecule has 2 rings (SSSR count). The lowest BCUT2D eigenvalue weighted by atomic mass is 10.1. The summed E-state index contributed by atoms with van der Waals surface area (Å²) in [6, 6.07) is 14.3. The van der Waals surface area contributed by atoms with Crippen LogP contribution < -0.4 is 15.4 Å². The number of ketones is 1. The van der Waals surface area contributed by atoms with Gasteiger partial charge in [-0.1, -0.05) is 12.1 Å². The summed E-state index contributed by atoms with van der Waals surface area (Å²) < 4.78 is 5.68. The predicted octanol–water partition coefficient (Wildman–Crippen LogP) is 3.73. The van der Waals surface area contributed by atoms with E-state index in [1.807, 2.05) is 32.0 Å². The number of anilines is 2. The van der Waals surface area contributed by atoms with Gasteiger partial charge in [-0.2, -0.15) is 0 Å². The van der Waals surface area contributed by atoms with Crippen LogP contribution in [-0.2, 0) is 4.79 Å². The lowest BCUT2D eigenvalue weighted by Crippen LogP contribution is -2.22. The Bertz CT molecular complexity index is 709. The first kappa shape index (κ1) is 17.5. The minimum Gasteiger partial charge on any atom is -0.489 e. The van der Waals surface area contributed by atoms with Crippen LogP contribution in [0.25, 0.3) is 0 Å². The van der Waals surface area contributed by atoms with Gasteiger partial charge < -0.3 is 15.4 Å². The first-order chi connectivity index (χ1) is 11.5. The lowest BCUT2D eigenvalue weighted by Gasteiger charge is -2.15. The molecule has 0 aliphatic heterocycles. The first-order valence-corrected chi connectivity index (χ1v) is 7.86. The normalized spacial score (nSPS) is 10.3. The molecule has 0 aliphatic rings. The molecule has 0 saturated heterocycles. The largest absolute Gasteiger partial charge is 0.489 e. The smallest absolute Gasteiger partial charge is 0.243 e. The van der Waals surface area contributed by atoms with Crippen molar-refractivity contribution in [3.63, 3.8) is 0 Å².